The Morgan fingerprint density at radius 3 is 0.333 bits per heavy atom. The van der Waals surface area contributed by atoms with E-state index in [9.17, 15) is 0 Å². The van der Waals surface area contributed by atoms with Crippen LogP contribution in [0, 0.1) is 16.2 Å². The lowest BCUT2D eigenvalue weighted by Crippen LogP contribution is -1.93. The van der Waals surface area contributed by atoms with Gasteiger partial charge in [-0.1, -0.05) is 104 Å². The van der Waals surface area contributed by atoms with Crippen LogP contribution in [0.5, 0.6) is 0 Å². The minimum absolute atomic E-state index is 0. The minimum atomic E-state index is 0. The van der Waals surface area contributed by atoms with Gasteiger partial charge in [-0.05, 0) is 16.2 Å². The van der Waals surface area contributed by atoms with E-state index in [0.29, 0.717) is 16.2 Å². The third-order valence-corrected chi connectivity index (χ3v) is 0. The lowest BCUT2D eigenvalue weighted by molar-refractivity contribution is 0.469. The van der Waals surface area contributed by atoms with Crippen LogP contribution in [-0.2, 0) is 0 Å². The molecule has 0 nitrogen and oxygen atoms in total. The van der Waals surface area contributed by atoms with E-state index in [1.165, 1.54) is 0 Å². The zero-order chi connectivity index (χ0) is 15.5. The van der Waals surface area contributed by atoms with Crippen molar-refractivity contribution in [2.24, 2.45) is 16.2 Å². The van der Waals surface area contributed by atoms with E-state index in [0.717, 1.165) is 0 Å². The molecule has 0 aromatic rings. The topological polar surface area (TPSA) is 0 Å². The van der Waals surface area contributed by atoms with Gasteiger partial charge in [-0.3, -0.25) is 0 Å². The molecule has 0 saturated carbocycles. The Bertz CT molecular complexity index is 75.1. The predicted octanol–water partition coefficient (Wildman–Crippen LogP) is 7.82. The molecule has 0 heteroatoms. The highest BCUT2D eigenvalue weighted by Crippen LogP contribution is 2.08. The van der Waals surface area contributed by atoms with Gasteiger partial charge in [0.25, 0.3) is 0 Å². The van der Waals surface area contributed by atoms with E-state index in [1.807, 2.05) is 13.8 Å². The van der Waals surface area contributed by atoms with Crippen molar-refractivity contribution < 1.29 is 0 Å². The van der Waals surface area contributed by atoms with Crippen molar-refractivity contribution in [1.82, 2.24) is 0 Å². The lowest BCUT2D eigenvalue weighted by Gasteiger charge is -2.05. The maximum absolute atomic E-state index is 2.19. The van der Waals surface area contributed by atoms with Gasteiger partial charge in [-0.15, -0.1) is 0 Å². The Morgan fingerprint density at radius 1 is 0.333 bits per heavy atom. The molecule has 0 heterocycles. The number of rotatable bonds is 0. The van der Waals surface area contributed by atoms with Crippen molar-refractivity contribution in [2.45, 2.75) is 104 Å². The zero-order valence-corrected chi connectivity index (χ0v) is 15.5. The highest BCUT2D eigenvalue weighted by Gasteiger charge is 1.96. The summed E-state index contributed by atoms with van der Waals surface area (Å²) >= 11 is 0. The summed E-state index contributed by atoms with van der Waals surface area (Å²) in [5.74, 6) is 0. The molecule has 0 aliphatic carbocycles. The van der Waals surface area contributed by atoms with Crippen LogP contribution < -0.4 is 0 Å². The lowest BCUT2D eigenvalue weighted by atomic mass is 10.0. The summed E-state index contributed by atoms with van der Waals surface area (Å²) < 4.78 is 0. The number of hydrogen-bond acceptors (Lipinski definition) is 0. The van der Waals surface area contributed by atoms with Gasteiger partial charge in [0.1, 0.15) is 0 Å². The van der Waals surface area contributed by atoms with Gasteiger partial charge in [0.15, 0.2) is 0 Å². The van der Waals surface area contributed by atoms with E-state index >= 15 is 0 Å². The first-order chi connectivity index (χ1) is 7.00. The molecule has 0 unspecified atom stereocenters. The Labute approximate surface area is 121 Å². The molecule has 0 aromatic heterocycles. The van der Waals surface area contributed by atoms with Crippen LogP contribution in [0.4, 0.5) is 0 Å². The fourth-order valence-electron chi connectivity index (χ4n) is 0. The molecule has 0 aromatic carbocycles. The molecule has 0 atom stereocenters. The summed E-state index contributed by atoms with van der Waals surface area (Å²) in [6.07, 6.45) is 0. The SMILES string of the molecule is C.CC.CC(C)(C)C.CC(C)(C)C.CC(C)(C)C. The quantitative estimate of drug-likeness (QED) is 0.417. The summed E-state index contributed by atoms with van der Waals surface area (Å²) in [4.78, 5) is 0. The van der Waals surface area contributed by atoms with Crippen LogP contribution in [0.3, 0.4) is 0 Å². The van der Waals surface area contributed by atoms with E-state index in [-0.39, 0.29) is 7.43 Å². The molecule has 0 saturated heterocycles. The van der Waals surface area contributed by atoms with Crippen molar-refractivity contribution in [3.05, 3.63) is 0 Å². The number of hydrogen-bond donors (Lipinski definition) is 0. The minimum Gasteiger partial charge on any atom is -0.0776 e. The van der Waals surface area contributed by atoms with E-state index in [2.05, 4.69) is 83.1 Å². The fraction of sp³-hybridized carbons (Fsp3) is 1.00. The van der Waals surface area contributed by atoms with Crippen LogP contribution >= 0.6 is 0 Å². The first-order valence-corrected chi connectivity index (χ1v) is 7.00. The van der Waals surface area contributed by atoms with E-state index in [1.54, 1.807) is 0 Å². The highest BCUT2D eigenvalue weighted by atomic mass is 14.0. The van der Waals surface area contributed by atoms with Crippen LogP contribution in [0.2, 0.25) is 0 Å². The normalized spacial score (nSPS) is 10.3. The van der Waals surface area contributed by atoms with Crippen LogP contribution in [-0.4, -0.2) is 0 Å². The van der Waals surface area contributed by atoms with Gasteiger partial charge in [-0.2, -0.15) is 0 Å². The standard InChI is InChI=1S/3C5H12.C2H6.CH4/c3*1-5(2,3)4;1-2;/h3*1-4H3;1-2H3;1H4. The zero-order valence-electron chi connectivity index (χ0n) is 15.5. The molecule has 18 heavy (non-hydrogen) atoms. The maximum atomic E-state index is 2.19. The van der Waals surface area contributed by atoms with Gasteiger partial charge in [-0.25, -0.2) is 0 Å². The third-order valence-electron chi connectivity index (χ3n) is 0. The Kier molecular flexibility index (Phi) is 23.0. The van der Waals surface area contributed by atoms with Crippen molar-refractivity contribution in [2.75, 3.05) is 0 Å². The van der Waals surface area contributed by atoms with Crippen molar-refractivity contribution in [1.29, 1.82) is 0 Å². The first kappa shape index (κ1) is 30.8. The summed E-state index contributed by atoms with van der Waals surface area (Å²) in [7, 11) is 0. The molecule has 0 aliphatic heterocycles. The molecule has 0 N–H and O–H groups in total. The predicted molar refractivity (Wildman–Crippen MR) is 93.5 cm³/mol. The summed E-state index contributed by atoms with van der Waals surface area (Å²) in [5.41, 5.74) is 1.50. The molecule has 0 amide bonds. The Balaban J connectivity index is -0.0000000427. The molecule has 0 rings (SSSR count). The van der Waals surface area contributed by atoms with Crippen LogP contribution in [0.25, 0.3) is 0 Å². The fourth-order valence-corrected chi connectivity index (χ4v) is 0. The highest BCUT2D eigenvalue weighted by molar-refractivity contribution is 4.48. The molecule has 0 spiro atoms. The second kappa shape index (κ2) is 13.4. The average Bonchev–Trinajstić information content (AvgIpc) is 1.77. The first-order valence-electron chi connectivity index (χ1n) is 7.00. The Morgan fingerprint density at radius 2 is 0.333 bits per heavy atom. The molecule has 0 radical (unpaired) electrons. The summed E-state index contributed by atoms with van der Waals surface area (Å²) in [6.45, 7) is 30.2. The summed E-state index contributed by atoms with van der Waals surface area (Å²) in [5, 5.41) is 0. The van der Waals surface area contributed by atoms with E-state index in [4.69, 9.17) is 0 Å². The largest absolute Gasteiger partial charge is 0.0776 e. The average molecular weight is 263 g/mol. The van der Waals surface area contributed by atoms with Gasteiger partial charge >= 0.3 is 0 Å². The Hall–Kier alpha value is 0. The van der Waals surface area contributed by atoms with Gasteiger partial charge in [0.2, 0.25) is 0 Å². The molecule has 0 aliphatic rings. The van der Waals surface area contributed by atoms with Crippen LogP contribution in [0.15, 0.2) is 0 Å². The molecular formula is C18H46. The molecule has 0 fully saturated rings. The van der Waals surface area contributed by atoms with E-state index < -0.39 is 0 Å². The van der Waals surface area contributed by atoms with Crippen LogP contribution in [0.1, 0.15) is 104 Å². The van der Waals surface area contributed by atoms with Gasteiger partial charge in [0.05, 0.1) is 0 Å². The molecule has 118 valence electrons. The van der Waals surface area contributed by atoms with Gasteiger partial charge < -0.3 is 0 Å². The van der Waals surface area contributed by atoms with Gasteiger partial charge in [0, 0.05) is 0 Å². The third kappa shape index (κ3) is 0. The van der Waals surface area contributed by atoms with Crippen molar-refractivity contribution in [3.63, 3.8) is 0 Å². The van der Waals surface area contributed by atoms with Crippen molar-refractivity contribution in [3.8, 4) is 0 Å². The second-order valence-corrected chi connectivity index (χ2v) is 9.00. The second-order valence-electron chi connectivity index (χ2n) is 9.00. The molecular weight excluding hydrogens is 216 g/mol. The smallest absolute Gasteiger partial charge is 0.0411 e. The van der Waals surface area contributed by atoms with Crippen molar-refractivity contribution >= 4 is 0 Å². The summed E-state index contributed by atoms with van der Waals surface area (Å²) in [6, 6.07) is 0. The maximum Gasteiger partial charge on any atom is -0.0411 e. The monoisotopic (exact) mass is 262 g/mol. The molecule has 0 bridgehead atoms.